The first-order valence-corrected chi connectivity index (χ1v) is 8.35. The van der Waals surface area contributed by atoms with E-state index in [9.17, 15) is 9.59 Å². The molecule has 1 amide bonds. The minimum Gasteiger partial charge on any atom is -0.465 e. The molecule has 0 radical (unpaired) electrons. The molecule has 1 heterocycles. The Morgan fingerprint density at radius 3 is 2.26 bits per heavy atom. The highest BCUT2D eigenvalue weighted by atomic mass is 16.5. The van der Waals surface area contributed by atoms with Crippen molar-refractivity contribution in [3.8, 4) is 0 Å². The monoisotopic (exact) mass is 361 g/mol. The van der Waals surface area contributed by atoms with Crippen LogP contribution in [0.3, 0.4) is 0 Å². The highest BCUT2D eigenvalue weighted by molar-refractivity contribution is 6.03. The van der Waals surface area contributed by atoms with Gasteiger partial charge in [-0.2, -0.15) is 0 Å². The molecule has 0 aliphatic heterocycles. The summed E-state index contributed by atoms with van der Waals surface area (Å²) in [5, 5.41) is 6.02. The van der Waals surface area contributed by atoms with Gasteiger partial charge in [0.25, 0.3) is 5.91 Å². The molecule has 6 heteroatoms. The van der Waals surface area contributed by atoms with Crippen molar-refractivity contribution in [3.05, 3.63) is 83.7 Å². The fraction of sp³-hybridized carbons (Fsp3) is 0.0952. The summed E-state index contributed by atoms with van der Waals surface area (Å²) in [6.45, 7) is 2.02. The van der Waals surface area contributed by atoms with Crippen LogP contribution in [0.1, 0.15) is 26.4 Å². The van der Waals surface area contributed by atoms with Crippen LogP contribution in [-0.2, 0) is 4.74 Å². The molecule has 0 saturated heterocycles. The van der Waals surface area contributed by atoms with Gasteiger partial charge in [0, 0.05) is 11.4 Å². The van der Waals surface area contributed by atoms with Gasteiger partial charge in [0.05, 0.1) is 24.6 Å². The van der Waals surface area contributed by atoms with Crippen LogP contribution in [-0.4, -0.2) is 24.0 Å². The first kappa shape index (κ1) is 18.1. The summed E-state index contributed by atoms with van der Waals surface area (Å²) in [5.74, 6) is -0.755. The van der Waals surface area contributed by atoms with Crippen LogP contribution in [0.4, 0.5) is 17.1 Å². The summed E-state index contributed by atoms with van der Waals surface area (Å²) in [7, 11) is 1.32. The molecular formula is C21H19N3O3. The number of carbonyl (C=O) groups is 2. The van der Waals surface area contributed by atoms with Crippen LogP contribution in [0.15, 0.2) is 66.9 Å². The lowest BCUT2D eigenvalue weighted by atomic mass is 10.2. The number of para-hydroxylation sites is 1. The maximum Gasteiger partial charge on any atom is 0.337 e. The van der Waals surface area contributed by atoms with Gasteiger partial charge in [-0.3, -0.25) is 4.79 Å². The molecule has 6 nitrogen and oxygen atoms in total. The number of benzene rings is 2. The molecule has 2 aromatic carbocycles. The van der Waals surface area contributed by atoms with Gasteiger partial charge < -0.3 is 15.4 Å². The highest BCUT2D eigenvalue weighted by Crippen LogP contribution is 2.19. The fourth-order valence-electron chi connectivity index (χ4n) is 2.47. The molecule has 0 saturated carbocycles. The van der Waals surface area contributed by atoms with Gasteiger partial charge in [0.2, 0.25) is 0 Å². The van der Waals surface area contributed by atoms with Gasteiger partial charge in [-0.05, 0) is 55.0 Å². The Labute approximate surface area is 157 Å². The number of methoxy groups -OCH3 is 1. The largest absolute Gasteiger partial charge is 0.465 e. The second-order valence-corrected chi connectivity index (χ2v) is 5.90. The van der Waals surface area contributed by atoms with Crippen LogP contribution in [0.2, 0.25) is 0 Å². The molecule has 1 aromatic heterocycles. The molecule has 2 N–H and O–H groups in total. The first-order valence-electron chi connectivity index (χ1n) is 8.35. The summed E-state index contributed by atoms with van der Waals surface area (Å²) in [6.07, 6.45) is 1.61. The van der Waals surface area contributed by atoms with Crippen molar-refractivity contribution in [2.24, 2.45) is 0 Å². The molecular weight excluding hydrogens is 342 g/mol. The second-order valence-electron chi connectivity index (χ2n) is 5.90. The van der Waals surface area contributed by atoms with Gasteiger partial charge >= 0.3 is 5.97 Å². The van der Waals surface area contributed by atoms with Crippen LogP contribution in [0.5, 0.6) is 0 Å². The lowest BCUT2D eigenvalue weighted by Crippen LogP contribution is -2.13. The van der Waals surface area contributed by atoms with Gasteiger partial charge in [0.15, 0.2) is 0 Å². The smallest absolute Gasteiger partial charge is 0.337 e. The van der Waals surface area contributed by atoms with Crippen LogP contribution >= 0.6 is 0 Å². The quantitative estimate of drug-likeness (QED) is 0.667. The van der Waals surface area contributed by atoms with Gasteiger partial charge in [0.1, 0.15) is 5.69 Å². The topological polar surface area (TPSA) is 80.3 Å². The number of carbonyl (C=O) groups excluding carboxylic acids is 2. The van der Waals surface area contributed by atoms with Crippen molar-refractivity contribution in [1.82, 2.24) is 4.98 Å². The number of aryl methyl sites for hydroxylation is 1. The van der Waals surface area contributed by atoms with E-state index in [1.807, 2.05) is 31.2 Å². The molecule has 136 valence electrons. The molecule has 0 aliphatic carbocycles. The van der Waals surface area contributed by atoms with Crippen LogP contribution < -0.4 is 10.6 Å². The van der Waals surface area contributed by atoms with Crippen LogP contribution in [0.25, 0.3) is 0 Å². The van der Waals surface area contributed by atoms with Crippen molar-refractivity contribution in [3.63, 3.8) is 0 Å². The number of aromatic nitrogens is 1. The summed E-state index contributed by atoms with van der Waals surface area (Å²) in [6, 6.07) is 17.8. The van der Waals surface area contributed by atoms with E-state index >= 15 is 0 Å². The van der Waals surface area contributed by atoms with Crippen LogP contribution in [0, 0.1) is 6.92 Å². The minimum absolute atomic E-state index is 0.294. The number of nitrogens with one attached hydrogen (secondary N) is 2. The highest BCUT2D eigenvalue weighted by Gasteiger charge is 2.09. The number of amides is 1. The number of ether oxygens (including phenoxy) is 1. The molecule has 0 spiro atoms. The maximum absolute atomic E-state index is 12.3. The Kier molecular flexibility index (Phi) is 5.47. The number of nitrogens with zero attached hydrogens (tertiary/aromatic N) is 1. The SMILES string of the molecule is COC(=O)c1ccc(NC(=O)c2ccc(Nc3ccccc3C)cn2)cc1. The lowest BCUT2D eigenvalue weighted by molar-refractivity contribution is 0.0600. The Morgan fingerprint density at radius 2 is 1.63 bits per heavy atom. The summed E-state index contributed by atoms with van der Waals surface area (Å²) in [4.78, 5) is 28.0. The third kappa shape index (κ3) is 4.49. The first-order chi connectivity index (χ1) is 13.1. The third-order valence-electron chi connectivity index (χ3n) is 3.98. The Morgan fingerprint density at radius 1 is 0.926 bits per heavy atom. The molecule has 3 aromatic rings. The van der Waals surface area contributed by atoms with E-state index in [0.717, 1.165) is 16.9 Å². The van der Waals surface area contributed by atoms with Gasteiger partial charge in [-0.15, -0.1) is 0 Å². The predicted molar refractivity (Wildman–Crippen MR) is 104 cm³/mol. The van der Waals surface area contributed by atoms with Crippen molar-refractivity contribution in [2.75, 3.05) is 17.7 Å². The van der Waals surface area contributed by atoms with E-state index in [1.54, 1.807) is 42.6 Å². The number of esters is 1. The van der Waals surface area contributed by atoms with Crippen molar-refractivity contribution in [2.45, 2.75) is 6.92 Å². The fourth-order valence-corrected chi connectivity index (χ4v) is 2.47. The Hall–Kier alpha value is -3.67. The standard InChI is InChI=1S/C21H19N3O3/c1-14-5-3-4-6-18(14)23-17-11-12-19(22-13-17)20(25)24-16-9-7-15(8-10-16)21(26)27-2/h3-13,23H,1-2H3,(H,24,25). The molecule has 0 fully saturated rings. The van der Waals surface area contributed by atoms with Crippen molar-refractivity contribution < 1.29 is 14.3 Å². The average molecular weight is 361 g/mol. The zero-order valence-corrected chi connectivity index (χ0v) is 15.0. The zero-order chi connectivity index (χ0) is 19.2. The van der Waals surface area contributed by atoms with Crippen molar-refractivity contribution >= 4 is 28.9 Å². The van der Waals surface area contributed by atoms with E-state index in [2.05, 4.69) is 20.4 Å². The van der Waals surface area contributed by atoms with E-state index in [0.29, 0.717) is 16.9 Å². The summed E-state index contributed by atoms with van der Waals surface area (Å²) >= 11 is 0. The van der Waals surface area contributed by atoms with E-state index < -0.39 is 5.97 Å². The number of hydrogen-bond donors (Lipinski definition) is 2. The lowest BCUT2D eigenvalue weighted by Gasteiger charge is -2.10. The van der Waals surface area contributed by atoms with E-state index in [1.165, 1.54) is 7.11 Å². The number of anilines is 3. The van der Waals surface area contributed by atoms with Gasteiger partial charge in [-0.25, -0.2) is 9.78 Å². The summed E-state index contributed by atoms with van der Waals surface area (Å²) in [5.41, 5.74) is 4.18. The molecule has 0 atom stereocenters. The second kappa shape index (κ2) is 8.14. The van der Waals surface area contributed by atoms with E-state index in [-0.39, 0.29) is 5.91 Å². The predicted octanol–water partition coefficient (Wildman–Crippen LogP) is 4.17. The molecule has 3 rings (SSSR count). The molecule has 0 unspecified atom stereocenters. The minimum atomic E-state index is -0.425. The normalized spacial score (nSPS) is 10.1. The van der Waals surface area contributed by atoms with Gasteiger partial charge in [-0.1, -0.05) is 18.2 Å². The number of pyridine rings is 1. The Balaban J connectivity index is 1.65. The van der Waals surface area contributed by atoms with E-state index in [4.69, 9.17) is 0 Å². The zero-order valence-electron chi connectivity index (χ0n) is 15.0. The molecule has 27 heavy (non-hydrogen) atoms. The Bertz CT molecular complexity index is 951. The third-order valence-corrected chi connectivity index (χ3v) is 3.98. The number of rotatable bonds is 5. The number of hydrogen-bond acceptors (Lipinski definition) is 5. The molecule has 0 aliphatic rings. The average Bonchev–Trinajstić information content (AvgIpc) is 2.70. The maximum atomic E-state index is 12.3. The summed E-state index contributed by atoms with van der Waals surface area (Å²) < 4.78 is 4.65. The van der Waals surface area contributed by atoms with Crippen molar-refractivity contribution in [1.29, 1.82) is 0 Å². The molecule has 0 bridgehead atoms.